The minimum atomic E-state index is -0.125. The van der Waals surface area contributed by atoms with Gasteiger partial charge in [-0.1, -0.05) is 54.1 Å². The van der Waals surface area contributed by atoms with Gasteiger partial charge in [0.05, 0.1) is 25.1 Å². The zero-order valence-electron chi connectivity index (χ0n) is 20.2. The molecule has 1 fully saturated rings. The Morgan fingerprint density at radius 3 is 2.53 bits per heavy atom. The van der Waals surface area contributed by atoms with Crippen LogP contribution in [0.5, 0.6) is 5.75 Å². The van der Waals surface area contributed by atoms with Crippen LogP contribution >= 0.6 is 0 Å². The van der Waals surface area contributed by atoms with Crippen LogP contribution in [0.15, 0.2) is 72.8 Å². The van der Waals surface area contributed by atoms with Crippen LogP contribution in [0.2, 0.25) is 0 Å². The Balaban J connectivity index is 1.44. The summed E-state index contributed by atoms with van der Waals surface area (Å²) in [6, 6.07) is 25.2. The summed E-state index contributed by atoms with van der Waals surface area (Å²) >= 11 is 0. The summed E-state index contributed by atoms with van der Waals surface area (Å²) in [5.74, 6) is 0.859. The molecule has 34 heavy (non-hydrogen) atoms. The van der Waals surface area contributed by atoms with Crippen molar-refractivity contribution < 1.29 is 9.53 Å². The van der Waals surface area contributed by atoms with E-state index < -0.39 is 0 Å². The summed E-state index contributed by atoms with van der Waals surface area (Å²) in [6.45, 7) is 6.78. The summed E-state index contributed by atoms with van der Waals surface area (Å²) in [5.41, 5.74) is 6.02. The summed E-state index contributed by atoms with van der Waals surface area (Å²) in [6.07, 6.45) is 0.732. The quantitative estimate of drug-likeness (QED) is 0.603. The van der Waals surface area contributed by atoms with Gasteiger partial charge in [0, 0.05) is 37.1 Å². The van der Waals surface area contributed by atoms with E-state index in [2.05, 4.69) is 77.5 Å². The summed E-state index contributed by atoms with van der Waals surface area (Å²) < 4.78 is 5.52. The highest BCUT2D eigenvalue weighted by molar-refractivity contribution is 5.83. The smallest absolute Gasteiger partial charge is 0.226 e. The molecule has 5 rings (SSSR count). The number of amides is 1. The molecule has 2 aliphatic heterocycles. The van der Waals surface area contributed by atoms with E-state index in [1.807, 2.05) is 24.3 Å². The highest BCUT2D eigenvalue weighted by Gasteiger charge is 2.42. The minimum absolute atomic E-state index is 0.0313. The van der Waals surface area contributed by atoms with Gasteiger partial charge in [0.1, 0.15) is 5.75 Å². The lowest BCUT2D eigenvalue weighted by Gasteiger charge is -2.49. The molecule has 0 saturated carbocycles. The first-order valence-electron chi connectivity index (χ1n) is 12.1. The Morgan fingerprint density at radius 2 is 1.79 bits per heavy atom. The van der Waals surface area contributed by atoms with Gasteiger partial charge in [-0.2, -0.15) is 0 Å². The van der Waals surface area contributed by atoms with E-state index in [0.717, 1.165) is 37.4 Å². The summed E-state index contributed by atoms with van der Waals surface area (Å²) in [7, 11) is 1.71. The third kappa shape index (κ3) is 4.35. The molecule has 176 valence electrons. The SMILES string of the molecule is COc1ccc2c(c1)N1CCN(c3ccc(C)cc3)C[C@@H]1[C@@H](C(=O)N[C@@H](C)c1ccccc1)C2. The van der Waals surface area contributed by atoms with Crippen molar-refractivity contribution in [2.24, 2.45) is 5.92 Å². The number of aryl methyl sites for hydroxylation is 1. The van der Waals surface area contributed by atoms with Gasteiger partial charge in [-0.05, 0) is 49.6 Å². The lowest BCUT2D eigenvalue weighted by molar-refractivity contribution is -0.126. The maximum absolute atomic E-state index is 13.7. The third-order valence-corrected chi connectivity index (χ3v) is 7.32. The predicted molar refractivity (Wildman–Crippen MR) is 138 cm³/mol. The Hall–Kier alpha value is -3.47. The molecule has 5 nitrogen and oxygen atoms in total. The molecule has 0 aliphatic carbocycles. The molecule has 1 amide bonds. The maximum Gasteiger partial charge on any atom is 0.226 e. The first-order chi connectivity index (χ1) is 16.5. The van der Waals surface area contributed by atoms with Crippen LogP contribution in [-0.2, 0) is 11.2 Å². The maximum atomic E-state index is 13.7. The van der Waals surface area contributed by atoms with Crippen molar-refractivity contribution in [3.63, 3.8) is 0 Å². The fourth-order valence-corrected chi connectivity index (χ4v) is 5.34. The largest absolute Gasteiger partial charge is 0.497 e. The van der Waals surface area contributed by atoms with Crippen LogP contribution in [0.4, 0.5) is 11.4 Å². The highest BCUT2D eigenvalue weighted by Crippen LogP contribution is 2.39. The summed E-state index contributed by atoms with van der Waals surface area (Å²) in [4.78, 5) is 18.5. The monoisotopic (exact) mass is 455 g/mol. The van der Waals surface area contributed by atoms with E-state index >= 15 is 0 Å². The van der Waals surface area contributed by atoms with E-state index in [0.29, 0.717) is 0 Å². The number of benzene rings is 3. The van der Waals surface area contributed by atoms with E-state index in [1.54, 1.807) is 7.11 Å². The average molecular weight is 456 g/mol. The van der Waals surface area contributed by atoms with Gasteiger partial charge < -0.3 is 19.9 Å². The van der Waals surface area contributed by atoms with Crippen molar-refractivity contribution in [2.75, 3.05) is 36.5 Å². The number of rotatable bonds is 5. The minimum Gasteiger partial charge on any atom is -0.497 e. The van der Waals surface area contributed by atoms with E-state index in [1.165, 1.54) is 22.5 Å². The highest BCUT2D eigenvalue weighted by atomic mass is 16.5. The molecule has 5 heteroatoms. The van der Waals surface area contributed by atoms with E-state index in [9.17, 15) is 4.79 Å². The Morgan fingerprint density at radius 1 is 1.03 bits per heavy atom. The molecular formula is C29H33N3O2. The second-order valence-electron chi connectivity index (χ2n) is 9.49. The number of carbonyl (C=O) groups excluding carboxylic acids is 1. The molecular weight excluding hydrogens is 422 g/mol. The van der Waals surface area contributed by atoms with Crippen LogP contribution < -0.4 is 19.9 Å². The molecule has 0 bridgehead atoms. The van der Waals surface area contributed by atoms with E-state index in [4.69, 9.17) is 4.74 Å². The fourth-order valence-electron chi connectivity index (χ4n) is 5.34. The van der Waals surface area contributed by atoms with Crippen LogP contribution in [0, 0.1) is 12.8 Å². The molecule has 3 aromatic rings. The lowest BCUT2D eigenvalue weighted by Crippen LogP contribution is -2.61. The number of ether oxygens (including phenoxy) is 1. The topological polar surface area (TPSA) is 44.8 Å². The predicted octanol–water partition coefficient (Wildman–Crippen LogP) is 4.75. The Labute approximate surface area is 202 Å². The number of carbonyl (C=O) groups is 1. The number of hydrogen-bond acceptors (Lipinski definition) is 4. The molecule has 0 spiro atoms. The van der Waals surface area contributed by atoms with Crippen molar-refractivity contribution in [1.82, 2.24) is 5.32 Å². The molecule has 0 radical (unpaired) electrons. The van der Waals surface area contributed by atoms with E-state index in [-0.39, 0.29) is 23.9 Å². The zero-order chi connectivity index (χ0) is 23.7. The van der Waals surface area contributed by atoms with Crippen molar-refractivity contribution in [3.8, 4) is 5.75 Å². The van der Waals surface area contributed by atoms with Crippen molar-refractivity contribution >= 4 is 17.3 Å². The van der Waals surface area contributed by atoms with Gasteiger partial charge in [-0.3, -0.25) is 4.79 Å². The van der Waals surface area contributed by atoms with Crippen molar-refractivity contribution in [2.45, 2.75) is 32.4 Å². The first-order valence-corrected chi connectivity index (χ1v) is 12.1. The number of piperazine rings is 1. The third-order valence-electron chi connectivity index (χ3n) is 7.32. The standard InChI is InChI=1S/C29H33N3O2/c1-20-9-12-24(13-10-20)31-15-16-32-27-18-25(34-3)14-11-23(27)17-26(28(32)19-31)29(33)30-21(2)22-7-5-4-6-8-22/h4-14,18,21,26,28H,15-17,19H2,1-3H3,(H,30,33)/t21-,26-,28+/m0/s1. The molecule has 3 atom stereocenters. The fraction of sp³-hybridized carbons (Fsp3) is 0.345. The van der Waals surface area contributed by atoms with Crippen molar-refractivity contribution in [3.05, 3.63) is 89.5 Å². The normalized spacial score (nSPS) is 20.2. The molecule has 0 unspecified atom stereocenters. The second-order valence-corrected chi connectivity index (χ2v) is 9.49. The molecule has 0 aromatic heterocycles. The molecule has 2 aliphatic rings. The zero-order valence-corrected chi connectivity index (χ0v) is 20.2. The van der Waals surface area contributed by atoms with Crippen LogP contribution in [0.1, 0.15) is 29.7 Å². The molecule has 1 N–H and O–H groups in total. The number of anilines is 2. The van der Waals surface area contributed by atoms with Crippen LogP contribution in [-0.4, -0.2) is 38.7 Å². The van der Waals surface area contributed by atoms with Crippen molar-refractivity contribution in [1.29, 1.82) is 0 Å². The Kier molecular flexibility index (Phi) is 6.18. The Bertz CT molecular complexity index is 1150. The van der Waals surface area contributed by atoms with Gasteiger partial charge >= 0.3 is 0 Å². The number of hydrogen-bond donors (Lipinski definition) is 1. The van der Waals surface area contributed by atoms with Gasteiger partial charge in [0.25, 0.3) is 0 Å². The van der Waals surface area contributed by atoms with Crippen LogP contribution in [0.3, 0.4) is 0 Å². The van der Waals surface area contributed by atoms with Crippen LogP contribution in [0.25, 0.3) is 0 Å². The van der Waals surface area contributed by atoms with Gasteiger partial charge in [0.2, 0.25) is 5.91 Å². The first kappa shape index (κ1) is 22.3. The van der Waals surface area contributed by atoms with Gasteiger partial charge in [-0.15, -0.1) is 0 Å². The summed E-state index contributed by atoms with van der Waals surface area (Å²) in [5, 5.41) is 3.31. The number of nitrogens with one attached hydrogen (secondary N) is 1. The number of fused-ring (bicyclic) bond motifs is 3. The number of nitrogens with zero attached hydrogens (tertiary/aromatic N) is 2. The van der Waals surface area contributed by atoms with Gasteiger partial charge in [-0.25, -0.2) is 0 Å². The second kappa shape index (κ2) is 9.41. The number of methoxy groups -OCH3 is 1. The lowest BCUT2D eigenvalue weighted by atomic mass is 9.83. The van der Waals surface area contributed by atoms with Gasteiger partial charge in [0.15, 0.2) is 0 Å². The average Bonchev–Trinajstić information content (AvgIpc) is 2.88. The molecule has 3 aromatic carbocycles. The molecule has 2 heterocycles. The molecule has 1 saturated heterocycles.